The van der Waals surface area contributed by atoms with Gasteiger partial charge in [0.1, 0.15) is 6.10 Å². The Kier molecular flexibility index (Phi) is 3.71. The molecule has 9 nitrogen and oxygen atoms in total. The Hall–Kier alpha value is -1.67. The fourth-order valence-corrected chi connectivity index (χ4v) is 2.69. The number of aryl methyl sites for hydroxylation is 1. The van der Waals surface area contributed by atoms with Crippen molar-refractivity contribution in [2.45, 2.75) is 32.1 Å². The molecule has 116 valence electrons. The van der Waals surface area contributed by atoms with E-state index in [4.69, 9.17) is 14.5 Å². The van der Waals surface area contributed by atoms with E-state index in [0.29, 0.717) is 0 Å². The number of hydrogen-bond donors (Lipinski definition) is 4. The zero-order valence-corrected chi connectivity index (χ0v) is 12.2. The van der Waals surface area contributed by atoms with Gasteiger partial charge in [-0.15, -0.1) is 0 Å². The van der Waals surface area contributed by atoms with E-state index in [0.717, 1.165) is 10.6 Å². The molecule has 0 spiro atoms. The standard InChI is InChI=1S/C11H15N2O7P/c1-6-5-13(10(15)12-9(6)14)11(16)4-3-8(20-7(11)2)21(17,18)19/h3,5,7,16H,4H2,1-2H3,(H,12,14,15)(H2,17,18,19)/t7-,11-/m0/s1. The number of aromatic amines is 1. The molecule has 1 aromatic heterocycles. The monoisotopic (exact) mass is 318 g/mol. The maximum absolute atomic E-state index is 11.8. The zero-order valence-electron chi connectivity index (χ0n) is 11.3. The summed E-state index contributed by atoms with van der Waals surface area (Å²) in [5.41, 5.74) is -3.61. The molecule has 1 aromatic rings. The van der Waals surface area contributed by atoms with Crippen LogP contribution in [0.1, 0.15) is 18.9 Å². The molecule has 0 amide bonds. The van der Waals surface area contributed by atoms with Crippen molar-refractivity contribution in [1.82, 2.24) is 9.55 Å². The van der Waals surface area contributed by atoms with E-state index in [1.807, 2.05) is 0 Å². The van der Waals surface area contributed by atoms with Gasteiger partial charge in [0.25, 0.3) is 5.56 Å². The van der Waals surface area contributed by atoms with Crippen LogP contribution in [0, 0.1) is 6.92 Å². The summed E-state index contributed by atoms with van der Waals surface area (Å²) in [5, 5.41) is 10.6. The quantitative estimate of drug-likeness (QED) is 0.529. The van der Waals surface area contributed by atoms with Crippen LogP contribution in [0.2, 0.25) is 0 Å². The van der Waals surface area contributed by atoms with Crippen molar-refractivity contribution in [1.29, 1.82) is 0 Å². The summed E-state index contributed by atoms with van der Waals surface area (Å²) in [6.07, 6.45) is 0.860. The van der Waals surface area contributed by atoms with Gasteiger partial charge in [0.15, 0.2) is 5.72 Å². The molecular formula is C11H15N2O7P. The van der Waals surface area contributed by atoms with Gasteiger partial charge in [0.05, 0.1) is 0 Å². The minimum absolute atomic E-state index is 0.208. The highest BCUT2D eigenvalue weighted by Crippen LogP contribution is 2.49. The fourth-order valence-electron chi connectivity index (χ4n) is 2.06. The van der Waals surface area contributed by atoms with Crippen LogP contribution in [0.5, 0.6) is 0 Å². The van der Waals surface area contributed by atoms with E-state index in [1.165, 1.54) is 20.0 Å². The number of hydrogen-bond acceptors (Lipinski definition) is 5. The highest BCUT2D eigenvalue weighted by molar-refractivity contribution is 7.56. The Labute approximate surface area is 118 Å². The van der Waals surface area contributed by atoms with Crippen LogP contribution in [0.4, 0.5) is 0 Å². The second-order valence-corrected chi connectivity index (χ2v) is 6.40. The molecule has 0 radical (unpaired) electrons. The predicted octanol–water partition coefficient (Wildman–Crippen LogP) is -0.682. The molecule has 4 N–H and O–H groups in total. The average molecular weight is 318 g/mol. The maximum Gasteiger partial charge on any atom is 0.390 e. The molecule has 1 aliphatic heterocycles. The maximum atomic E-state index is 11.8. The normalized spacial score (nSPS) is 26.1. The van der Waals surface area contributed by atoms with Gasteiger partial charge >= 0.3 is 13.3 Å². The number of H-pyrrole nitrogens is 1. The lowest BCUT2D eigenvalue weighted by Gasteiger charge is -2.38. The van der Waals surface area contributed by atoms with E-state index in [2.05, 4.69) is 4.98 Å². The van der Waals surface area contributed by atoms with Crippen LogP contribution >= 0.6 is 7.60 Å². The first-order valence-corrected chi connectivity index (χ1v) is 7.65. The summed E-state index contributed by atoms with van der Waals surface area (Å²) in [7, 11) is -4.57. The Bertz CT molecular complexity index is 759. The molecule has 0 fully saturated rings. The molecule has 0 saturated heterocycles. The third kappa shape index (κ3) is 2.73. The summed E-state index contributed by atoms with van der Waals surface area (Å²) < 4.78 is 17.1. The second-order valence-electron chi connectivity index (χ2n) is 4.87. The first-order valence-electron chi connectivity index (χ1n) is 6.04. The smallest absolute Gasteiger partial charge is 0.390 e. The van der Waals surface area contributed by atoms with Gasteiger partial charge in [-0.25, -0.2) is 4.79 Å². The average Bonchev–Trinajstić information content (AvgIpc) is 2.36. The van der Waals surface area contributed by atoms with Crippen molar-refractivity contribution in [3.8, 4) is 0 Å². The van der Waals surface area contributed by atoms with E-state index < -0.39 is 36.2 Å². The van der Waals surface area contributed by atoms with Crippen molar-refractivity contribution in [2.75, 3.05) is 0 Å². The molecule has 0 aromatic carbocycles. The number of nitrogens with one attached hydrogen (secondary N) is 1. The number of nitrogens with zero attached hydrogens (tertiary/aromatic N) is 1. The number of aromatic nitrogens is 2. The van der Waals surface area contributed by atoms with Crippen molar-refractivity contribution in [3.63, 3.8) is 0 Å². The topological polar surface area (TPSA) is 142 Å². The van der Waals surface area contributed by atoms with Gasteiger partial charge in [-0.05, 0) is 19.9 Å². The zero-order chi connectivity index (χ0) is 16.0. The number of rotatable bonds is 2. The Morgan fingerprint density at radius 2 is 2.10 bits per heavy atom. The number of aliphatic hydroxyl groups is 1. The minimum Gasteiger partial charge on any atom is -0.478 e. The van der Waals surface area contributed by atoms with Crippen LogP contribution in [0.25, 0.3) is 0 Å². The molecule has 0 bridgehead atoms. The van der Waals surface area contributed by atoms with Gasteiger partial charge < -0.3 is 19.6 Å². The first kappa shape index (κ1) is 15.7. The van der Waals surface area contributed by atoms with Crippen molar-refractivity contribution < 1.29 is 24.2 Å². The molecule has 21 heavy (non-hydrogen) atoms. The van der Waals surface area contributed by atoms with Crippen molar-refractivity contribution >= 4 is 7.60 Å². The lowest BCUT2D eigenvalue weighted by Crippen LogP contribution is -2.52. The lowest BCUT2D eigenvalue weighted by molar-refractivity contribution is -0.145. The Balaban J connectivity index is 2.52. The van der Waals surface area contributed by atoms with Gasteiger partial charge in [-0.2, -0.15) is 0 Å². The Morgan fingerprint density at radius 1 is 1.48 bits per heavy atom. The van der Waals surface area contributed by atoms with Crippen LogP contribution in [0.15, 0.2) is 27.4 Å². The number of ether oxygens (including phenoxy) is 1. The summed E-state index contributed by atoms with van der Waals surface area (Å²) in [5.74, 6) is 0. The summed E-state index contributed by atoms with van der Waals surface area (Å²) in [4.78, 5) is 43.4. The fraction of sp³-hybridized carbons (Fsp3) is 0.455. The third-order valence-electron chi connectivity index (χ3n) is 3.35. The lowest BCUT2D eigenvalue weighted by atomic mass is 10.0. The molecule has 2 atom stereocenters. The predicted molar refractivity (Wildman–Crippen MR) is 71.5 cm³/mol. The van der Waals surface area contributed by atoms with E-state index in [9.17, 15) is 19.3 Å². The summed E-state index contributed by atoms with van der Waals surface area (Å²) in [6.45, 7) is 2.83. The molecule has 0 unspecified atom stereocenters. The molecule has 10 heteroatoms. The van der Waals surface area contributed by atoms with Crippen LogP contribution < -0.4 is 11.2 Å². The second kappa shape index (κ2) is 4.96. The van der Waals surface area contributed by atoms with Crippen molar-refractivity contribution in [2.24, 2.45) is 0 Å². The van der Waals surface area contributed by atoms with E-state index in [-0.39, 0.29) is 12.0 Å². The molecule has 0 aliphatic carbocycles. The van der Waals surface area contributed by atoms with Crippen LogP contribution in [-0.2, 0) is 15.0 Å². The summed E-state index contributed by atoms with van der Waals surface area (Å²) >= 11 is 0. The van der Waals surface area contributed by atoms with Crippen LogP contribution in [0.3, 0.4) is 0 Å². The van der Waals surface area contributed by atoms with Crippen LogP contribution in [-0.4, -0.2) is 30.5 Å². The highest BCUT2D eigenvalue weighted by atomic mass is 31.2. The molecule has 2 rings (SSSR count). The molecule has 1 aliphatic rings. The van der Waals surface area contributed by atoms with E-state index in [1.54, 1.807) is 0 Å². The largest absolute Gasteiger partial charge is 0.478 e. The molecule has 2 heterocycles. The van der Waals surface area contributed by atoms with Crippen molar-refractivity contribution in [3.05, 3.63) is 44.2 Å². The Morgan fingerprint density at radius 3 is 2.62 bits per heavy atom. The van der Waals surface area contributed by atoms with Gasteiger partial charge in [0.2, 0.25) is 5.50 Å². The van der Waals surface area contributed by atoms with Gasteiger partial charge in [-0.1, -0.05) is 0 Å². The first-order chi connectivity index (χ1) is 9.55. The van der Waals surface area contributed by atoms with Gasteiger partial charge in [0, 0.05) is 18.2 Å². The SMILES string of the molecule is Cc1cn([C@]2(O)CC=C(P(=O)(O)O)O[C@H]2C)c(=O)[nH]c1=O. The molecule has 0 saturated carbocycles. The van der Waals surface area contributed by atoms with E-state index >= 15 is 0 Å². The minimum atomic E-state index is -4.57. The van der Waals surface area contributed by atoms with Gasteiger partial charge in [-0.3, -0.25) is 18.9 Å². The third-order valence-corrected chi connectivity index (χ3v) is 4.21. The highest BCUT2D eigenvalue weighted by Gasteiger charge is 2.44. The molecular weight excluding hydrogens is 303 g/mol. The summed E-state index contributed by atoms with van der Waals surface area (Å²) in [6, 6.07) is 0.